The van der Waals surface area contributed by atoms with E-state index in [1.807, 2.05) is 20.0 Å². The van der Waals surface area contributed by atoms with Crippen molar-refractivity contribution < 1.29 is 14.4 Å². The van der Waals surface area contributed by atoms with Gasteiger partial charge in [-0.2, -0.15) is 0 Å². The Kier molecular flexibility index (Phi) is 6.54. The van der Waals surface area contributed by atoms with Gasteiger partial charge in [-0.3, -0.25) is 9.63 Å². The Bertz CT molecular complexity index is 821. The van der Waals surface area contributed by atoms with Gasteiger partial charge in [0, 0.05) is 32.5 Å². The molecular weight excluding hydrogens is 402 g/mol. The molecule has 0 aromatic rings. The quantitative estimate of drug-likeness (QED) is 0.376. The van der Waals surface area contributed by atoms with E-state index in [1.54, 1.807) is 11.9 Å². The second-order valence-corrected chi connectivity index (χ2v) is 11.3. The van der Waals surface area contributed by atoms with Gasteiger partial charge in [0.15, 0.2) is 5.78 Å². The van der Waals surface area contributed by atoms with Crippen molar-refractivity contribution in [3.63, 3.8) is 0 Å². The van der Waals surface area contributed by atoms with Crippen LogP contribution in [-0.2, 0) is 9.63 Å². The average molecular weight is 444 g/mol. The van der Waals surface area contributed by atoms with E-state index in [0.717, 1.165) is 37.4 Å². The number of nitrogens with one attached hydrogen (secondary N) is 1. The molecule has 32 heavy (non-hydrogen) atoms. The summed E-state index contributed by atoms with van der Waals surface area (Å²) in [6, 6.07) is 0. The maximum atomic E-state index is 12.3. The third kappa shape index (κ3) is 3.93. The Balaban J connectivity index is 1.46. The fourth-order valence-corrected chi connectivity index (χ4v) is 7.86. The number of carbonyl (C=O) groups is 2. The van der Waals surface area contributed by atoms with Crippen molar-refractivity contribution in [1.82, 2.24) is 10.2 Å². The SMILES string of the molecule is CNCCN(C)C(=O)O/N=C(\C)[C@H]1CC[C@H]2[C@@H]3CCC4=CC(=O)CC[C@]4(C)[C@H]3CC[C@]12C. The fourth-order valence-electron chi connectivity index (χ4n) is 7.86. The molecule has 178 valence electrons. The number of likely N-dealkylation sites (N-methyl/N-ethyl adjacent to an activating group) is 2. The van der Waals surface area contributed by atoms with E-state index in [2.05, 4.69) is 24.3 Å². The molecule has 0 radical (unpaired) electrons. The molecule has 4 aliphatic carbocycles. The van der Waals surface area contributed by atoms with Gasteiger partial charge < -0.3 is 10.2 Å². The van der Waals surface area contributed by atoms with E-state index in [9.17, 15) is 9.59 Å². The number of oxime groups is 1. The zero-order valence-corrected chi connectivity index (χ0v) is 20.6. The fraction of sp³-hybridized carbons (Fsp3) is 0.808. The first-order valence-electron chi connectivity index (χ1n) is 12.6. The summed E-state index contributed by atoms with van der Waals surface area (Å²) in [5.41, 5.74) is 2.84. The van der Waals surface area contributed by atoms with Crippen LogP contribution in [0.5, 0.6) is 0 Å². The van der Waals surface area contributed by atoms with Crippen molar-refractivity contribution in [3.8, 4) is 0 Å². The molecule has 1 N–H and O–H groups in total. The van der Waals surface area contributed by atoms with E-state index in [0.29, 0.717) is 36.5 Å². The molecule has 0 saturated heterocycles. The molecule has 0 bridgehead atoms. The lowest BCUT2D eigenvalue weighted by Crippen LogP contribution is -2.51. The van der Waals surface area contributed by atoms with Crippen molar-refractivity contribution in [3.05, 3.63) is 11.6 Å². The van der Waals surface area contributed by atoms with Crippen molar-refractivity contribution in [2.24, 2.45) is 39.7 Å². The van der Waals surface area contributed by atoms with E-state index in [4.69, 9.17) is 4.84 Å². The number of amides is 1. The summed E-state index contributed by atoms with van der Waals surface area (Å²) >= 11 is 0. The largest absolute Gasteiger partial charge is 0.435 e. The van der Waals surface area contributed by atoms with Crippen LogP contribution >= 0.6 is 0 Å². The van der Waals surface area contributed by atoms with Gasteiger partial charge in [-0.05, 0) is 93.6 Å². The molecular formula is C26H41N3O3. The van der Waals surface area contributed by atoms with Gasteiger partial charge >= 0.3 is 6.09 Å². The smallest absolute Gasteiger partial charge is 0.318 e. The first kappa shape index (κ1) is 23.5. The third-order valence-electron chi connectivity index (χ3n) is 9.74. The van der Waals surface area contributed by atoms with Crippen LogP contribution in [0, 0.1) is 34.5 Å². The molecule has 1 amide bonds. The maximum absolute atomic E-state index is 12.3. The Labute approximate surface area is 193 Å². The Morgan fingerprint density at radius 1 is 1.19 bits per heavy atom. The number of carbonyl (C=O) groups excluding carboxylic acids is 2. The number of allylic oxidation sites excluding steroid dienone is 1. The summed E-state index contributed by atoms with van der Waals surface area (Å²) in [5.74, 6) is 2.83. The molecule has 3 saturated carbocycles. The van der Waals surface area contributed by atoms with Gasteiger partial charge in [-0.25, -0.2) is 4.79 Å². The van der Waals surface area contributed by atoms with Crippen LogP contribution in [0.2, 0.25) is 0 Å². The lowest BCUT2D eigenvalue weighted by atomic mass is 9.46. The first-order valence-corrected chi connectivity index (χ1v) is 12.6. The van der Waals surface area contributed by atoms with Gasteiger partial charge in [-0.1, -0.05) is 24.6 Å². The van der Waals surface area contributed by atoms with Crippen molar-refractivity contribution in [2.75, 3.05) is 27.2 Å². The monoisotopic (exact) mass is 443 g/mol. The molecule has 0 unspecified atom stereocenters. The Morgan fingerprint density at radius 2 is 1.97 bits per heavy atom. The topological polar surface area (TPSA) is 71.0 Å². The average Bonchev–Trinajstić information content (AvgIpc) is 3.13. The van der Waals surface area contributed by atoms with E-state index in [-0.39, 0.29) is 10.8 Å². The van der Waals surface area contributed by atoms with Crippen LogP contribution in [0.1, 0.15) is 72.1 Å². The minimum Gasteiger partial charge on any atom is -0.318 e. The lowest BCUT2D eigenvalue weighted by molar-refractivity contribution is -0.117. The zero-order chi connectivity index (χ0) is 23.1. The summed E-state index contributed by atoms with van der Waals surface area (Å²) in [7, 11) is 3.61. The number of hydrogen-bond donors (Lipinski definition) is 1. The molecule has 0 aromatic carbocycles. The van der Waals surface area contributed by atoms with Crippen molar-refractivity contribution >= 4 is 17.6 Å². The summed E-state index contributed by atoms with van der Waals surface area (Å²) < 4.78 is 0. The van der Waals surface area contributed by atoms with Crippen LogP contribution in [0.25, 0.3) is 0 Å². The van der Waals surface area contributed by atoms with Crippen LogP contribution in [0.15, 0.2) is 16.8 Å². The predicted molar refractivity (Wildman–Crippen MR) is 126 cm³/mol. The highest BCUT2D eigenvalue weighted by Crippen LogP contribution is 2.66. The summed E-state index contributed by atoms with van der Waals surface area (Å²) in [4.78, 5) is 31.2. The number of rotatable bonds is 5. The second kappa shape index (κ2) is 8.92. The van der Waals surface area contributed by atoms with Gasteiger partial charge in [0.25, 0.3) is 0 Å². The molecule has 6 heteroatoms. The van der Waals surface area contributed by atoms with Gasteiger partial charge in [0.1, 0.15) is 0 Å². The van der Waals surface area contributed by atoms with Crippen LogP contribution in [-0.4, -0.2) is 49.7 Å². The second-order valence-electron chi connectivity index (χ2n) is 11.3. The van der Waals surface area contributed by atoms with Crippen LogP contribution < -0.4 is 5.32 Å². The predicted octanol–water partition coefficient (Wildman–Crippen LogP) is 4.80. The minimum absolute atomic E-state index is 0.215. The number of hydrogen-bond acceptors (Lipinski definition) is 5. The highest BCUT2D eigenvalue weighted by Gasteiger charge is 2.59. The van der Waals surface area contributed by atoms with Gasteiger partial charge in [-0.15, -0.1) is 0 Å². The zero-order valence-electron chi connectivity index (χ0n) is 20.6. The molecule has 0 spiro atoms. The number of ketones is 1. The van der Waals surface area contributed by atoms with E-state index < -0.39 is 6.09 Å². The normalized spacial score (nSPS) is 39.0. The summed E-state index contributed by atoms with van der Waals surface area (Å²) in [6.45, 7) is 8.26. The Morgan fingerprint density at radius 3 is 2.72 bits per heavy atom. The molecule has 3 fully saturated rings. The molecule has 6 nitrogen and oxygen atoms in total. The van der Waals surface area contributed by atoms with Crippen LogP contribution in [0.3, 0.4) is 0 Å². The van der Waals surface area contributed by atoms with E-state index >= 15 is 0 Å². The molecule has 0 heterocycles. The van der Waals surface area contributed by atoms with Crippen molar-refractivity contribution in [2.45, 2.75) is 72.1 Å². The lowest BCUT2D eigenvalue weighted by Gasteiger charge is -2.58. The molecule has 0 aliphatic heterocycles. The molecule has 6 atom stereocenters. The highest BCUT2D eigenvalue weighted by atomic mass is 16.7. The molecule has 0 aromatic heterocycles. The van der Waals surface area contributed by atoms with Crippen LogP contribution in [0.4, 0.5) is 4.79 Å². The third-order valence-corrected chi connectivity index (χ3v) is 9.74. The maximum Gasteiger partial charge on any atom is 0.435 e. The molecule has 4 rings (SSSR count). The van der Waals surface area contributed by atoms with Crippen molar-refractivity contribution in [1.29, 1.82) is 0 Å². The number of nitrogens with zero attached hydrogens (tertiary/aromatic N) is 2. The first-order chi connectivity index (χ1) is 15.2. The standard InChI is InChI=1S/C26H41N3O3/c1-17(28-32-24(31)29(5)15-14-27-4)21-8-9-22-20-7-6-18-16-19(30)10-12-25(18,2)23(20)11-13-26(21,22)3/h16,20-23,27H,6-15H2,1-5H3/b28-17+/t20-,21+,22-,23-,25-,26+/m0/s1. The molecule has 4 aliphatic rings. The number of fused-ring (bicyclic) bond motifs is 5. The van der Waals surface area contributed by atoms with Gasteiger partial charge in [0.05, 0.1) is 5.71 Å². The minimum atomic E-state index is -0.394. The van der Waals surface area contributed by atoms with Gasteiger partial charge in [0.2, 0.25) is 0 Å². The summed E-state index contributed by atoms with van der Waals surface area (Å²) in [5, 5.41) is 7.36. The summed E-state index contributed by atoms with van der Waals surface area (Å²) in [6.07, 6.45) is 10.4. The highest BCUT2D eigenvalue weighted by molar-refractivity contribution is 5.91. The van der Waals surface area contributed by atoms with E-state index in [1.165, 1.54) is 31.3 Å². The Hall–Kier alpha value is -1.69.